The van der Waals surface area contributed by atoms with Crippen LogP contribution in [0.5, 0.6) is 11.5 Å². The lowest BCUT2D eigenvalue weighted by atomic mass is 10.0. The van der Waals surface area contributed by atoms with Crippen LogP contribution in [0.25, 0.3) is 0 Å². The van der Waals surface area contributed by atoms with Gasteiger partial charge in [-0.05, 0) is 60.7 Å². The number of carboxylic acids is 1. The Morgan fingerprint density at radius 2 is 1.96 bits per heavy atom. The van der Waals surface area contributed by atoms with E-state index in [1.54, 1.807) is 49.0 Å². The summed E-state index contributed by atoms with van der Waals surface area (Å²) in [4.78, 5) is 25.3. The number of amides is 1. The first-order valence-corrected chi connectivity index (χ1v) is 9.80. The van der Waals surface area contributed by atoms with E-state index in [-0.39, 0.29) is 0 Å². The maximum absolute atomic E-state index is 12.5. The van der Waals surface area contributed by atoms with Gasteiger partial charge in [0.05, 0.1) is 6.61 Å². The van der Waals surface area contributed by atoms with Crippen LogP contribution in [0.1, 0.15) is 24.1 Å². The zero-order chi connectivity index (χ0) is 19.4. The quantitative estimate of drug-likeness (QED) is 0.711. The van der Waals surface area contributed by atoms with Crippen LogP contribution >= 0.6 is 11.8 Å². The highest BCUT2D eigenvalue weighted by Crippen LogP contribution is 2.28. The first kappa shape index (κ1) is 19.1. The number of rotatable bonds is 7. The number of hydrogen-bond acceptors (Lipinski definition) is 5. The number of carbonyl (C=O) groups is 2. The van der Waals surface area contributed by atoms with Crippen molar-refractivity contribution in [3.63, 3.8) is 0 Å². The van der Waals surface area contributed by atoms with Crippen LogP contribution < -0.4 is 14.8 Å². The highest BCUT2D eigenvalue weighted by Gasteiger charge is 2.27. The third-order valence-electron chi connectivity index (χ3n) is 4.32. The smallest absolute Gasteiger partial charge is 0.330 e. The minimum atomic E-state index is -1.15. The van der Waals surface area contributed by atoms with Crippen molar-refractivity contribution in [3.05, 3.63) is 53.6 Å². The van der Waals surface area contributed by atoms with Gasteiger partial charge in [-0.25, -0.2) is 4.79 Å². The summed E-state index contributed by atoms with van der Waals surface area (Å²) in [6, 6.07) is 11.4. The van der Waals surface area contributed by atoms with Gasteiger partial charge in [-0.3, -0.25) is 4.79 Å². The molecule has 1 heterocycles. The molecule has 0 aliphatic carbocycles. The molecular weight excluding hydrogens is 366 g/mol. The molecule has 1 aliphatic rings. The van der Waals surface area contributed by atoms with Gasteiger partial charge in [-0.2, -0.15) is 0 Å². The van der Waals surface area contributed by atoms with Crippen molar-refractivity contribution in [3.8, 4) is 11.5 Å². The number of carbonyl (C=O) groups excluding carboxylic acids is 1. The van der Waals surface area contributed by atoms with Gasteiger partial charge in [0, 0.05) is 11.3 Å². The molecule has 3 rings (SSSR count). The average Bonchev–Trinajstić information content (AvgIpc) is 3.14. The summed E-state index contributed by atoms with van der Waals surface area (Å²) >= 11 is 1.61. The Labute approximate surface area is 161 Å². The number of aliphatic carboxylic acids is 1. The number of hydrogen-bond donors (Lipinski definition) is 2. The Kier molecular flexibility index (Phi) is 5.91. The molecule has 27 heavy (non-hydrogen) atoms. The second kappa shape index (κ2) is 8.35. The minimum absolute atomic E-state index is 0.493. The monoisotopic (exact) mass is 387 g/mol. The number of nitrogens with one attached hydrogen (secondary N) is 1. The lowest BCUT2D eigenvalue weighted by molar-refractivity contribution is -0.143. The van der Waals surface area contributed by atoms with E-state index in [0.29, 0.717) is 17.9 Å². The van der Waals surface area contributed by atoms with E-state index >= 15 is 0 Å². The molecule has 0 saturated heterocycles. The first-order chi connectivity index (χ1) is 13.0. The van der Waals surface area contributed by atoms with E-state index in [0.717, 1.165) is 22.6 Å². The Morgan fingerprint density at radius 1 is 1.22 bits per heavy atom. The molecule has 0 radical (unpaired) electrons. The van der Waals surface area contributed by atoms with Gasteiger partial charge in [-0.15, -0.1) is 11.8 Å². The SMILES string of the molecule is CSc1ccc(OC(C)C(=O)NC(C(=O)O)c2ccc3c(c2)CCO3)cc1. The van der Waals surface area contributed by atoms with Crippen molar-refractivity contribution in [2.45, 2.75) is 30.4 Å². The van der Waals surface area contributed by atoms with Crippen molar-refractivity contribution < 1.29 is 24.2 Å². The zero-order valence-electron chi connectivity index (χ0n) is 15.1. The largest absolute Gasteiger partial charge is 0.493 e. The lowest BCUT2D eigenvalue weighted by Crippen LogP contribution is -2.41. The summed E-state index contributed by atoms with van der Waals surface area (Å²) in [7, 11) is 0. The van der Waals surface area contributed by atoms with Gasteiger partial charge in [0.15, 0.2) is 12.1 Å². The molecule has 2 aromatic carbocycles. The van der Waals surface area contributed by atoms with E-state index in [1.807, 2.05) is 18.4 Å². The molecule has 2 N–H and O–H groups in total. The molecule has 0 fully saturated rings. The third-order valence-corrected chi connectivity index (χ3v) is 5.07. The lowest BCUT2D eigenvalue weighted by Gasteiger charge is -2.19. The van der Waals surface area contributed by atoms with Crippen LogP contribution in [0.3, 0.4) is 0 Å². The fourth-order valence-electron chi connectivity index (χ4n) is 2.85. The van der Waals surface area contributed by atoms with Crippen molar-refractivity contribution in [2.24, 2.45) is 0 Å². The summed E-state index contributed by atoms with van der Waals surface area (Å²) in [6.07, 6.45) is 1.88. The highest BCUT2D eigenvalue weighted by molar-refractivity contribution is 7.98. The van der Waals surface area contributed by atoms with Gasteiger partial charge in [0.1, 0.15) is 11.5 Å². The van der Waals surface area contributed by atoms with E-state index in [4.69, 9.17) is 9.47 Å². The molecule has 0 spiro atoms. The number of ether oxygens (including phenoxy) is 2. The molecule has 1 aliphatic heterocycles. The number of carboxylic acid groups (broad SMARTS) is 1. The van der Waals surface area contributed by atoms with Gasteiger partial charge in [0.2, 0.25) is 0 Å². The normalized spacial score (nSPS) is 14.6. The van der Waals surface area contributed by atoms with Gasteiger partial charge in [-0.1, -0.05) is 6.07 Å². The molecule has 6 nitrogen and oxygen atoms in total. The number of fused-ring (bicyclic) bond motifs is 1. The summed E-state index contributed by atoms with van der Waals surface area (Å²) in [5, 5.41) is 12.1. The molecule has 2 atom stereocenters. The van der Waals surface area contributed by atoms with E-state index < -0.39 is 24.0 Å². The number of thioether (sulfide) groups is 1. The Hall–Kier alpha value is -2.67. The minimum Gasteiger partial charge on any atom is -0.493 e. The molecule has 2 unspecified atom stereocenters. The second-order valence-electron chi connectivity index (χ2n) is 6.18. The molecule has 2 aromatic rings. The Balaban J connectivity index is 1.68. The fourth-order valence-corrected chi connectivity index (χ4v) is 3.25. The third kappa shape index (κ3) is 4.54. The van der Waals surface area contributed by atoms with Crippen molar-refractivity contribution in [2.75, 3.05) is 12.9 Å². The standard InChI is InChI=1S/C20H21NO5S/c1-12(26-15-4-6-16(27-2)7-5-15)19(22)21-18(20(23)24)14-3-8-17-13(11-14)9-10-25-17/h3-8,11-12,18H,9-10H2,1-2H3,(H,21,22)(H,23,24). The van der Waals surface area contributed by atoms with Crippen LogP contribution in [0.4, 0.5) is 0 Å². The Bertz CT molecular complexity index is 837. The topological polar surface area (TPSA) is 84.9 Å². The number of benzene rings is 2. The van der Waals surface area contributed by atoms with E-state index in [2.05, 4.69) is 5.32 Å². The molecule has 7 heteroatoms. The molecule has 0 aromatic heterocycles. The zero-order valence-corrected chi connectivity index (χ0v) is 15.9. The van der Waals surface area contributed by atoms with Crippen LogP contribution in [-0.4, -0.2) is 35.9 Å². The van der Waals surface area contributed by atoms with Crippen molar-refractivity contribution in [1.82, 2.24) is 5.32 Å². The summed E-state index contributed by atoms with van der Waals surface area (Å²) in [6.45, 7) is 2.18. The maximum atomic E-state index is 12.5. The van der Waals surface area contributed by atoms with Crippen LogP contribution in [0.15, 0.2) is 47.4 Å². The predicted molar refractivity (Wildman–Crippen MR) is 102 cm³/mol. The van der Waals surface area contributed by atoms with E-state index in [1.165, 1.54) is 0 Å². The van der Waals surface area contributed by atoms with Crippen molar-refractivity contribution in [1.29, 1.82) is 0 Å². The fraction of sp³-hybridized carbons (Fsp3) is 0.300. The molecule has 0 saturated carbocycles. The van der Waals surface area contributed by atoms with Gasteiger partial charge >= 0.3 is 5.97 Å². The molecule has 0 bridgehead atoms. The molecule has 1 amide bonds. The Morgan fingerprint density at radius 3 is 2.63 bits per heavy atom. The van der Waals surface area contributed by atoms with Crippen molar-refractivity contribution >= 4 is 23.6 Å². The summed E-state index contributed by atoms with van der Waals surface area (Å²) < 4.78 is 11.1. The summed E-state index contributed by atoms with van der Waals surface area (Å²) in [5.41, 5.74) is 1.46. The van der Waals surface area contributed by atoms with Gasteiger partial charge < -0.3 is 19.9 Å². The van der Waals surface area contributed by atoms with Gasteiger partial charge in [0.25, 0.3) is 5.91 Å². The average molecular weight is 387 g/mol. The van der Waals surface area contributed by atoms with Crippen LogP contribution in [0, 0.1) is 0 Å². The highest BCUT2D eigenvalue weighted by atomic mass is 32.2. The second-order valence-corrected chi connectivity index (χ2v) is 7.06. The predicted octanol–water partition coefficient (Wildman–Crippen LogP) is 3.05. The van der Waals surface area contributed by atoms with E-state index in [9.17, 15) is 14.7 Å². The van der Waals surface area contributed by atoms with Crippen LogP contribution in [-0.2, 0) is 16.0 Å². The molecule has 142 valence electrons. The first-order valence-electron chi connectivity index (χ1n) is 8.57. The molecular formula is C20H21NO5S. The summed E-state index contributed by atoms with van der Waals surface area (Å²) in [5.74, 6) is -0.302. The van der Waals surface area contributed by atoms with Crippen LogP contribution in [0.2, 0.25) is 0 Å². The maximum Gasteiger partial charge on any atom is 0.330 e.